The van der Waals surface area contributed by atoms with Gasteiger partial charge in [0, 0.05) is 35.9 Å². The predicted octanol–water partition coefficient (Wildman–Crippen LogP) is 3.31. The fraction of sp³-hybridized carbons (Fsp3) is 0.364. The zero-order valence-electron chi connectivity index (χ0n) is 17.2. The molecule has 0 unspecified atom stereocenters. The summed E-state index contributed by atoms with van der Waals surface area (Å²) in [6, 6.07) is 8.06. The van der Waals surface area contributed by atoms with Gasteiger partial charge < -0.3 is 29.8 Å². The van der Waals surface area contributed by atoms with Crippen molar-refractivity contribution in [2.45, 2.75) is 45.6 Å². The number of para-hydroxylation sites is 2. The van der Waals surface area contributed by atoms with Crippen molar-refractivity contribution in [2.24, 2.45) is 0 Å². The van der Waals surface area contributed by atoms with Crippen molar-refractivity contribution in [3.05, 3.63) is 73.3 Å². The molecule has 0 atom stereocenters. The summed E-state index contributed by atoms with van der Waals surface area (Å²) in [5.41, 5.74) is 2.16. The average Bonchev–Trinajstić information content (AvgIpc) is 3.05. The maximum atomic E-state index is 10.7. The van der Waals surface area contributed by atoms with Crippen molar-refractivity contribution in [1.82, 2.24) is 9.80 Å². The molecule has 3 aliphatic rings. The van der Waals surface area contributed by atoms with Gasteiger partial charge in [0.05, 0.1) is 0 Å². The van der Waals surface area contributed by atoms with E-state index in [9.17, 15) is 10.2 Å². The van der Waals surface area contributed by atoms with Crippen LogP contribution in [0.15, 0.2) is 60.0 Å². The number of anilines is 2. The van der Waals surface area contributed by atoms with Gasteiger partial charge in [0.25, 0.3) is 0 Å². The van der Waals surface area contributed by atoms with Gasteiger partial charge in [0.2, 0.25) is 0 Å². The third-order valence-corrected chi connectivity index (χ3v) is 5.15. The Kier molecular flexibility index (Phi) is 5.92. The molecule has 2 heterocycles. The molecule has 2 N–H and O–H groups in total. The van der Waals surface area contributed by atoms with Gasteiger partial charge >= 0.3 is 21.1 Å². The molecule has 1 aliphatic carbocycles. The molecule has 0 bridgehead atoms. The molecule has 0 spiro atoms. The van der Waals surface area contributed by atoms with Crippen LogP contribution in [0.3, 0.4) is 0 Å². The van der Waals surface area contributed by atoms with E-state index in [1.807, 2.05) is 53.5 Å². The summed E-state index contributed by atoms with van der Waals surface area (Å²) in [6.07, 6.45) is 9.00. The zero-order valence-corrected chi connectivity index (χ0v) is 19.5. The smallest absolute Gasteiger partial charge is 0.488 e. The van der Waals surface area contributed by atoms with Crippen LogP contribution >= 0.6 is 0 Å². The molecule has 0 amide bonds. The summed E-state index contributed by atoms with van der Waals surface area (Å²) in [4.78, 5) is 8.07. The van der Waals surface area contributed by atoms with E-state index < -0.39 is 11.4 Å². The first kappa shape index (κ1) is 21.9. The van der Waals surface area contributed by atoms with Gasteiger partial charge in [-0.25, -0.2) is 0 Å². The quantitative estimate of drug-likeness (QED) is 0.538. The monoisotopic (exact) mass is 575 g/mol. The standard InChI is InChI=1S/C22H28N4O2.Pt/c1-21(2,27)25-15-23(17-10-6-5-7-12-19(17)25)14-24-16-26(22(3,4)28)20-13-9-8-11-18(20)24;/h5-11,13,15-16,27-28H,12,14H2,1-4H3;/q-2;+2. The molecule has 2 aliphatic heterocycles. The molecule has 1 aromatic carbocycles. The second-order valence-electron chi connectivity index (χ2n) is 8.35. The van der Waals surface area contributed by atoms with E-state index in [1.54, 1.807) is 27.7 Å². The predicted molar refractivity (Wildman–Crippen MR) is 111 cm³/mol. The molecule has 0 saturated heterocycles. The normalized spacial score (nSPS) is 18.8. The average molecular weight is 576 g/mol. The van der Waals surface area contributed by atoms with Gasteiger partial charge in [-0.1, -0.05) is 30.4 Å². The van der Waals surface area contributed by atoms with Crippen molar-refractivity contribution in [3.63, 3.8) is 0 Å². The maximum absolute atomic E-state index is 10.7. The van der Waals surface area contributed by atoms with E-state index >= 15 is 0 Å². The minimum absolute atomic E-state index is 0. The van der Waals surface area contributed by atoms with Crippen molar-refractivity contribution in [1.29, 1.82) is 0 Å². The first-order valence-electron chi connectivity index (χ1n) is 9.58. The minimum atomic E-state index is -1.00. The van der Waals surface area contributed by atoms with Crippen molar-refractivity contribution in [2.75, 3.05) is 16.5 Å². The first-order chi connectivity index (χ1) is 13.2. The number of hydrogen-bond acceptors (Lipinski definition) is 6. The second kappa shape index (κ2) is 7.82. The van der Waals surface area contributed by atoms with E-state index in [0.29, 0.717) is 6.67 Å². The molecule has 7 heteroatoms. The van der Waals surface area contributed by atoms with E-state index in [0.717, 1.165) is 29.2 Å². The third kappa shape index (κ3) is 4.11. The SMILES string of the molecule is CC(C)(O)N1[CH-]N(CN2[CH-]N(C(C)(C)O)c3ccccc32)C2=C1CC=CC=C2.[Pt+2]. The van der Waals surface area contributed by atoms with E-state index in [1.165, 1.54) is 0 Å². The van der Waals surface area contributed by atoms with Gasteiger partial charge in [0.15, 0.2) is 0 Å². The molecule has 0 radical (unpaired) electrons. The number of hydrogen-bond donors (Lipinski definition) is 2. The summed E-state index contributed by atoms with van der Waals surface area (Å²) in [5, 5.41) is 21.2. The molecular formula is C22H28N4O2Pt. The first-order valence-corrected chi connectivity index (χ1v) is 9.58. The van der Waals surface area contributed by atoms with Crippen LogP contribution in [0, 0.1) is 13.3 Å². The molecule has 4 rings (SSSR count). The molecule has 1 aromatic rings. The second-order valence-corrected chi connectivity index (χ2v) is 8.35. The summed E-state index contributed by atoms with van der Waals surface area (Å²) in [5.74, 6) is 0. The van der Waals surface area contributed by atoms with Crippen LogP contribution in [0.4, 0.5) is 11.4 Å². The van der Waals surface area contributed by atoms with E-state index in [2.05, 4.69) is 28.0 Å². The Labute approximate surface area is 187 Å². The Morgan fingerprint density at radius 1 is 0.897 bits per heavy atom. The Balaban J connectivity index is 0.00000240. The molecular weight excluding hydrogens is 547 g/mol. The molecule has 0 aromatic heterocycles. The van der Waals surface area contributed by atoms with Crippen LogP contribution in [0.1, 0.15) is 34.1 Å². The Bertz CT molecular complexity index is 851. The van der Waals surface area contributed by atoms with E-state index in [-0.39, 0.29) is 21.1 Å². The molecule has 0 saturated carbocycles. The van der Waals surface area contributed by atoms with Crippen LogP contribution in [-0.2, 0) is 21.1 Å². The number of aliphatic hydroxyl groups is 2. The summed E-state index contributed by atoms with van der Waals surface area (Å²) in [6.45, 7) is 11.6. The van der Waals surface area contributed by atoms with Crippen molar-refractivity contribution in [3.8, 4) is 0 Å². The van der Waals surface area contributed by atoms with Crippen LogP contribution in [0.5, 0.6) is 0 Å². The Hall–Kier alpha value is -1.75. The Morgan fingerprint density at radius 3 is 2.17 bits per heavy atom. The van der Waals surface area contributed by atoms with Gasteiger partial charge in [-0.3, -0.25) is 0 Å². The van der Waals surface area contributed by atoms with Crippen LogP contribution < -0.4 is 9.80 Å². The van der Waals surface area contributed by atoms with E-state index in [4.69, 9.17) is 0 Å². The number of allylic oxidation sites excluding steroid dienone is 4. The fourth-order valence-corrected chi connectivity index (χ4v) is 3.83. The summed E-state index contributed by atoms with van der Waals surface area (Å²) >= 11 is 0. The largest absolute Gasteiger partial charge is 2.00 e. The molecule has 6 nitrogen and oxygen atoms in total. The number of benzene rings is 1. The fourth-order valence-electron chi connectivity index (χ4n) is 3.83. The third-order valence-electron chi connectivity index (χ3n) is 5.15. The number of nitrogens with zero attached hydrogens (tertiary/aromatic N) is 4. The van der Waals surface area contributed by atoms with Gasteiger partial charge in [-0.05, 0) is 45.9 Å². The van der Waals surface area contributed by atoms with Gasteiger partial charge in [-0.2, -0.15) is 13.3 Å². The van der Waals surface area contributed by atoms with Crippen molar-refractivity contribution >= 4 is 11.4 Å². The van der Waals surface area contributed by atoms with Gasteiger partial charge in [-0.15, -0.1) is 0 Å². The van der Waals surface area contributed by atoms with Crippen LogP contribution in [0.2, 0.25) is 0 Å². The molecule has 158 valence electrons. The number of rotatable bonds is 4. The summed E-state index contributed by atoms with van der Waals surface area (Å²) < 4.78 is 0. The molecule has 29 heavy (non-hydrogen) atoms. The Morgan fingerprint density at radius 2 is 1.52 bits per heavy atom. The van der Waals surface area contributed by atoms with Gasteiger partial charge in [0.1, 0.15) is 11.4 Å². The summed E-state index contributed by atoms with van der Waals surface area (Å²) in [7, 11) is 0. The maximum Gasteiger partial charge on any atom is 2.00 e. The zero-order chi connectivity index (χ0) is 20.1. The molecule has 0 fully saturated rings. The van der Waals surface area contributed by atoms with Crippen LogP contribution in [0.25, 0.3) is 0 Å². The van der Waals surface area contributed by atoms with Crippen molar-refractivity contribution < 1.29 is 31.3 Å². The topological polar surface area (TPSA) is 53.4 Å². The van der Waals surface area contributed by atoms with Crippen LogP contribution in [-0.4, -0.2) is 38.1 Å². The minimum Gasteiger partial charge on any atom is -0.488 e. The number of fused-ring (bicyclic) bond motifs is 1.